The van der Waals surface area contributed by atoms with Gasteiger partial charge in [0, 0.05) is 56.6 Å². The van der Waals surface area contributed by atoms with Crippen LogP contribution in [-0.2, 0) is 4.79 Å². The minimum absolute atomic E-state index is 0.0291. The van der Waals surface area contributed by atoms with Gasteiger partial charge in [-0.25, -0.2) is 4.79 Å². The van der Waals surface area contributed by atoms with Gasteiger partial charge < -0.3 is 20.1 Å². The summed E-state index contributed by atoms with van der Waals surface area (Å²) in [6.07, 6.45) is 1.57. The lowest BCUT2D eigenvalue weighted by Gasteiger charge is -2.35. The summed E-state index contributed by atoms with van der Waals surface area (Å²) in [6.45, 7) is 5.13. The summed E-state index contributed by atoms with van der Waals surface area (Å²) >= 11 is 0. The van der Waals surface area contributed by atoms with Gasteiger partial charge in [0.1, 0.15) is 5.69 Å². The second-order valence-corrected chi connectivity index (χ2v) is 8.00. The van der Waals surface area contributed by atoms with Gasteiger partial charge >= 0.3 is 5.69 Å². The van der Waals surface area contributed by atoms with Gasteiger partial charge in [-0.15, -0.1) is 0 Å². The largest absolute Gasteiger partial charge is 0.362 e. The van der Waals surface area contributed by atoms with Crippen LogP contribution in [0.2, 0.25) is 0 Å². The van der Waals surface area contributed by atoms with Crippen molar-refractivity contribution in [1.82, 2.24) is 14.5 Å². The smallest absolute Gasteiger partial charge is 0.330 e. The molecule has 1 fully saturated rings. The van der Waals surface area contributed by atoms with Crippen molar-refractivity contribution in [1.29, 1.82) is 0 Å². The average Bonchev–Trinajstić information content (AvgIpc) is 3.16. The van der Waals surface area contributed by atoms with E-state index in [9.17, 15) is 24.5 Å². The number of H-pyrrole nitrogens is 1. The number of carbonyl (C=O) groups excluding carboxylic acids is 2. The summed E-state index contributed by atoms with van der Waals surface area (Å²) in [7, 11) is 0. The van der Waals surface area contributed by atoms with E-state index in [2.05, 4.69) is 10.3 Å². The van der Waals surface area contributed by atoms with E-state index in [-0.39, 0.29) is 22.8 Å². The third kappa shape index (κ3) is 4.40. The number of hydrogen-bond donors (Lipinski definition) is 2. The highest BCUT2D eigenvalue weighted by atomic mass is 16.6. The number of amides is 2. The number of para-hydroxylation sites is 2. The molecule has 4 rings (SSSR count). The lowest BCUT2D eigenvalue weighted by molar-refractivity contribution is -0.384. The second kappa shape index (κ2) is 9.22. The number of piperazine rings is 1. The monoisotopic (exact) mass is 464 g/mol. The summed E-state index contributed by atoms with van der Waals surface area (Å²) in [4.78, 5) is 54.2. The molecule has 1 aliphatic heterocycles. The maximum absolute atomic E-state index is 13.0. The van der Waals surface area contributed by atoms with Gasteiger partial charge in [0.2, 0.25) is 5.91 Å². The third-order valence-corrected chi connectivity index (χ3v) is 5.85. The molecule has 0 aliphatic carbocycles. The van der Waals surface area contributed by atoms with Crippen LogP contribution < -0.4 is 15.9 Å². The molecule has 2 aromatic carbocycles. The molecule has 34 heavy (non-hydrogen) atoms. The Kier molecular flexibility index (Phi) is 6.17. The summed E-state index contributed by atoms with van der Waals surface area (Å²) in [6, 6.07) is 11.2. The summed E-state index contributed by atoms with van der Waals surface area (Å²) in [5.41, 5.74) is 1.53. The number of nitrogens with one attached hydrogen (secondary N) is 2. The number of rotatable bonds is 5. The highest BCUT2D eigenvalue weighted by Crippen LogP contribution is 2.31. The zero-order valence-corrected chi connectivity index (χ0v) is 18.8. The minimum Gasteiger partial charge on any atom is -0.362 e. The fourth-order valence-electron chi connectivity index (χ4n) is 4.06. The van der Waals surface area contributed by atoms with Gasteiger partial charge in [-0.1, -0.05) is 12.1 Å². The Balaban J connectivity index is 1.60. The molecule has 1 aliphatic rings. The van der Waals surface area contributed by atoms with E-state index in [0.717, 1.165) is 0 Å². The number of nitro benzene ring substituents is 1. The Bertz CT molecular complexity index is 1320. The molecular weight excluding hydrogens is 440 g/mol. The number of carbonyl (C=O) groups is 2. The molecule has 0 spiro atoms. The standard InChI is InChI=1S/C23H24N6O5/c1-15-14-24-23(32)28(15)19-6-4-3-5-18(19)25-22(31)17-7-8-20(21(13-17)29(33)34)27-11-9-26(10-12-27)16(2)30/h3-8,13-14H,9-12H2,1-2H3,(H,24,32)(H,25,31). The van der Waals surface area contributed by atoms with Crippen molar-refractivity contribution in [3.63, 3.8) is 0 Å². The van der Waals surface area contributed by atoms with Crippen LogP contribution in [0, 0.1) is 17.0 Å². The summed E-state index contributed by atoms with van der Waals surface area (Å²) in [5.74, 6) is -0.566. The molecule has 0 saturated carbocycles. The zero-order valence-electron chi connectivity index (χ0n) is 18.8. The predicted octanol–water partition coefficient (Wildman–Crippen LogP) is 2.30. The van der Waals surface area contributed by atoms with Gasteiger partial charge in [-0.2, -0.15) is 0 Å². The molecule has 2 N–H and O–H groups in total. The van der Waals surface area contributed by atoms with Crippen LogP contribution in [0.1, 0.15) is 23.0 Å². The Morgan fingerprint density at radius 3 is 2.38 bits per heavy atom. The van der Waals surface area contributed by atoms with Crippen LogP contribution >= 0.6 is 0 Å². The second-order valence-electron chi connectivity index (χ2n) is 8.00. The molecule has 0 bridgehead atoms. The van der Waals surface area contributed by atoms with Crippen molar-refractivity contribution in [3.05, 3.63) is 80.5 Å². The van der Waals surface area contributed by atoms with E-state index in [0.29, 0.717) is 48.9 Å². The fourth-order valence-corrected chi connectivity index (χ4v) is 4.06. The SMILES string of the molecule is CC(=O)N1CCN(c2ccc(C(=O)Nc3ccccc3-n3c(C)c[nH]c3=O)cc2[N+](=O)[O-])CC1. The number of anilines is 2. The Morgan fingerprint density at radius 1 is 1.06 bits per heavy atom. The van der Waals surface area contributed by atoms with Crippen LogP contribution in [0.25, 0.3) is 5.69 Å². The molecular formula is C23H24N6O5. The molecule has 2 heterocycles. The summed E-state index contributed by atoms with van der Waals surface area (Å²) in [5, 5.41) is 14.6. The lowest BCUT2D eigenvalue weighted by atomic mass is 10.1. The van der Waals surface area contributed by atoms with Crippen LogP contribution in [0.3, 0.4) is 0 Å². The number of aryl methyl sites for hydroxylation is 1. The highest BCUT2D eigenvalue weighted by molar-refractivity contribution is 6.06. The number of aromatic nitrogens is 2. The van der Waals surface area contributed by atoms with Gasteiger partial charge in [-0.3, -0.25) is 24.3 Å². The first-order valence-corrected chi connectivity index (χ1v) is 10.7. The van der Waals surface area contributed by atoms with Gasteiger partial charge in [0.15, 0.2) is 0 Å². The molecule has 1 saturated heterocycles. The van der Waals surface area contributed by atoms with Crippen molar-refractivity contribution in [3.8, 4) is 5.69 Å². The average molecular weight is 464 g/mol. The van der Waals surface area contributed by atoms with E-state index in [1.807, 2.05) is 4.90 Å². The molecule has 3 aromatic rings. The number of nitro groups is 1. The van der Waals surface area contributed by atoms with Crippen molar-refractivity contribution in [2.24, 2.45) is 0 Å². The molecule has 2 amide bonds. The van der Waals surface area contributed by atoms with E-state index < -0.39 is 10.8 Å². The first kappa shape index (κ1) is 22.8. The Morgan fingerprint density at radius 2 is 1.76 bits per heavy atom. The van der Waals surface area contributed by atoms with Crippen molar-refractivity contribution < 1.29 is 14.5 Å². The van der Waals surface area contributed by atoms with Crippen LogP contribution in [0.15, 0.2) is 53.5 Å². The van der Waals surface area contributed by atoms with E-state index >= 15 is 0 Å². The van der Waals surface area contributed by atoms with Gasteiger partial charge in [-0.05, 0) is 31.2 Å². The Hall–Kier alpha value is -4.41. The van der Waals surface area contributed by atoms with Gasteiger partial charge in [0.25, 0.3) is 11.6 Å². The molecule has 11 heteroatoms. The molecule has 11 nitrogen and oxygen atoms in total. The van der Waals surface area contributed by atoms with Crippen molar-refractivity contribution in [2.45, 2.75) is 13.8 Å². The zero-order chi connectivity index (χ0) is 24.4. The first-order valence-electron chi connectivity index (χ1n) is 10.7. The van der Waals surface area contributed by atoms with E-state index in [1.165, 1.54) is 23.6 Å². The predicted molar refractivity (Wildman–Crippen MR) is 127 cm³/mol. The third-order valence-electron chi connectivity index (χ3n) is 5.85. The number of imidazole rings is 1. The molecule has 1 aromatic heterocycles. The number of hydrogen-bond acceptors (Lipinski definition) is 6. The number of benzene rings is 2. The summed E-state index contributed by atoms with van der Waals surface area (Å²) < 4.78 is 1.43. The highest BCUT2D eigenvalue weighted by Gasteiger charge is 2.26. The van der Waals surface area contributed by atoms with Crippen LogP contribution in [-0.4, -0.2) is 57.4 Å². The Labute approximate surface area is 194 Å². The lowest BCUT2D eigenvalue weighted by Crippen LogP contribution is -2.48. The fraction of sp³-hybridized carbons (Fsp3) is 0.261. The quantitative estimate of drug-likeness (QED) is 0.440. The molecule has 176 valence electrons. The first-order chi connectivity index (χ1) is 16.3. The molecule has 0 atom stereocenters. The van der Waals surface area contributed by atoms with Crippen LogP contribution in [0.5, 0.6) is 0 Å². The van der Waals surface area contributed by atoms with E-state index in [4.69, 9.17) is 0 Å². The van der Waals surface area contributed by atoms with E-state index in [1.54, 1.807) is 48.4 Å². The number of nitrogens with zero attached hydrogens (tertiary/aromatic N) is 4. The van der Waals surface area contributed by atoms with Crippen LogP contribution in [0.4, 0.5) is 17.1 Å². The maximum Gasteiger partial charge on any atom is 0.330 e. The normalized spacial score (nSPS) is 13.6. The van der Waals surface area contributed by atoms with Crippen molar-refractivity contribution in [2.75, 3.05) is 36.4 Å². The van der Waals surface area contributed by atoms with Crippen molar-refractivity contribution >= 4 is 28.9 Å². The number of aromatic amines is 1. The molecule has 0 radical (unpaired) electrons. The molecule has 0 unspecified atom stereocenters. The minimum atomic E-state index is -0.537. The maximum atomic E-state index is 13.0. The van der Waals surface area contributed by atoms with Gasteiger partial charge in [0.05, 0.1) is 16.3 Å². The topological polar surface area (TPSA) is 134 Å².